The van der Waals surface area contributed by atoms with Crippen molar-refractivity contribution in [3.63, 3.8) is 0 Å². The molecule has 1 aliphatic heterocycles. The average Bonchev–Trinajstić information content (AvgIpc) is 2.04. The molecule has 0 saturated carbocycles. The van der Waals surface area contributed by atoms with Gasteiger partial charge in [-0.05, 0) is 18.2 Å². The normalized spacial score (nSPS) is 14.0. The fourth-order valence-corrected chi connectivity index (χ4v) is 1.11. The first-order chi connectivity index (χ1) is 5.36. The van der Waals surface area contributed by atoms with Crippen molar-refractivity contribution < 1.29 is 9.47 Å². The number of fused-ring (bicyclic) bond motifs is 1. The summed E-state index contributed by atoms with van der Waals surface area (Å²) >= 11 is 0. The predicted molar refractivity (Wildman–Crippen MR) is 48.4 cm³/mol. The molecule has 2 N–H and O–H groups in total. The van der Waals surface area contributed by atoms with E-state index >= 15 is 0 Å². The van der Waals surface area contributed by atoms with Gasteiger partial charge >= 0.3 is 0 Å². The zero-order chi connectivity index (χ0) is 7.68. The molecule has 0 amide bonds. The highest BCUT2D eigenvalue weighted by Gasteiger charge is 2.09. The first kappa shape index (κ1) is 9.16. The molecule has 3 nitrogen and oxygen atoms in total. The Balaban J connectivity index is 0.000000720. The molecule has 0 atom stereocenters. The SMILES string of the molecule is Cl.Nc1ccc2c(c1)COCO2. The highest BCUT2D eigenvalue weighted by atomic mass is 35.5. The van der Waals surface area contributed by atoms with Gasteiger partial charge in [0, 0.05) is 11.3 Å². The number of nitrogens with two attached hydrogens (primary N) is 1. The van der Waals surface area contributed by atoms with Crippen molar-refractivity contribution in [3.05, 3.63) is 23.8 Å². The summed E-state index contributed by atoms with van der Waals surface area (Å²) in [5, 5.41) is 0. The summed E-state index contributed by atoms with van der Waals surface area (Å²) < 4.78 is 10.3. The first-order valence-corrected chi connectivity index (χ1v) is 3.45. The van der Waals surface area contributed by atoms with E-state index in [1.165, 1.54) is 0 Å². The van der Waals surface area contributed by atoms with Gasteiger partial charge in [-0.1, -0.05) is 0 Å². The third-order valence-corrected chi connectivity index (χ3v) is 1.64. The van der Waals surface area contributed by atoms with Crippen LogP contribution in [0.3, 0.4) is 0 Å². The van der Waals surface area contributed by atoms with Gasteiger partial charge in [0.25, 0.3) is 0 Å². The summed E-state index contributed by atoms with van der Waals surface area (Å²) in [6.07, 6.45) is 0. The Hall–Kier alpha value is -0.930. The lowest BCUT2D eigenvalue weighted by atomic mass is 10.2. The van der Waals surface area contributed by atoms with Crippen LogP contribution in [0, 0.1) is 0 Å². The molecule has 2 rings (SSSR count). The summed E-state index contributed by atoms with van der Waals surface area (Å²) in [6, 6.07) is 5.56. The standard InChI is InChI=1S/C8H9NO2.ClH/c9-7-1-2-8-6(3-7)4-10-5-11-8;/h1-3H,4-5,9H2;1H. The number of anilines is 1. The number of hydrogen-bond donors (Lipinski definition) is 1. The molecule has 0 aliphatic carbocycles. The molecule has 0 radical (unpaired) electrons. The lowest BCUT2D eigenvalue weighted by Crippen LogP contribution is -2.11. The lowest BCUT2D eigenvalue weighted by molar-refractivity contribution is -0.0163. The van der Waals surface area contributed by atoms with Crippen LogP contribution in [-0.2, 0) is 11.3 Å². The third kappa shape index (κ3) is 1.62. The molecule has 1 aromatic carbocycles. The van der Waals surface area contributed by atoms with Crippen LogP contribution in [0.1, 0.15) is 5.56 Å². The van der Waals surface area contributed by atoms with Gasteiger partial charge in [-0.25, -0.2) is 0 Å². The largest absolute Gasteiger partial charge is 0.467 e. The number of benzene rings is 1. The van der Waals surface area contributed by atoms with E-state index < -0.39 is 0 Å². The lowest BCUT2D eigenvalue weighted by Gasteiger charge is -2.17. The first-order valence-electron chi connectivity index (χ1n) is 3.45. The monoisotopic (exact) mass is 187 g/mol. The molecule has 0 saturated heterocycles. The quantitative estimate of drug-likeness (QED) is 0.627. The third-order valence-electron chi connectivity index (χ3n) is 1.64. The number of ether oxygens (including phenoxy) is 2. The van der Waals surface area contributed by atoms with Crippen molar-refractivity contribution in [1.29, 1.82) is 0 Å². The summed E-state index contributed by atoms with van der Waals surface area (Å²) in [6.45, 7) is 0.942. The van der Waals surface area contributed by atoms with E-state index in [4.69, 9.17) is 15.2 Å². The van der Waals surface area contributed by atoms with Gasteiger partial charge in [0.1, 0.15) is 5.75 Å². The average molecular weight is 188 g/mol. The summed E-state index contributed by atoms with van der Waals surface area (Å²) in [5.74, 6) is 0.880. The maximum absolute atomic E-state index is 5.57. The second-order valence-corrected chi connectivity index (χ2v) is 2.48. The predicted octanol–water partition coefficient (Wildman–Crippen LogP) is 1.56. The minimum atomic E-state index is 0. The van der Waals surface area contributed by atoms with Gasteiger partial charge in [0.15, 0.2) is 6.79 Å². The van der Waals surface area contributed by atoms with Crippen LogP contribution >= 0.6 is 12.4 Å². The molecule has 12 heavy (non-hydrogen) atoms. The van der Waals surface area contributed by atoms with Crippen molar-refractivity contribution >= 4 is 18.1 Å². The Morgan fingerprint density at radius 3 is 3.00 bits per heavy atom. The van der Waals surface area contributed by atoms with Gasteiger partial charge in [0.2, 0.25) is 0 Å². The molecule has 0 spiro atoms. The van der Waals surface area contributed by atoms with Crippen molar-refractivity contribution in [3.8, 4) is 5.75 Å². The fraction of sp³-hybridized carbons (Fsp3) is 0.250. The molecule has 0 unspecified atom stereocenters. The molecule has 1 aromatic rings. The van der Waals surface area contributed by atoms with Crippen LogP contribution in [0.15, 0.2) is 18.2 Å². The summed E-state index contributed by atoms with van der Waals surface area (Å²) in [7, 11) is 0. The highest BCUT2D eigenvalue weighted by Crippen LogP contribution is 2.24. The van der Waals surface area contributed by atoms with Crippen LogP contribution in [0.2, 0.25) is 0 Å². The van der Waals surface area contributed by atoms with Crippen molar-refractivity contribution in [2.24, 2.45) is 0 Å². The molecule has 0 aromatic heterocycles. The molecule has 4 heteroatoms. The maximum atomic E-state index is 5.57. The molecule has 66 valence electrons. The van der Waals surface area contributed by atoms with E-state index in [0.717, 1.165) is 17.0 Å². The Bertz CT molecular complexity index is 278. The fourth-order valence-electron chi connectivity index (χ4n) is 1.11. The zero-order valence-electron chi connectivity index (χ0n) is 6.45. The minimum Gasteiger partial charge on any atom is -0.467 e. The maximum Gasteiger partial charge on any atom is 0.189 e. The highest BCUT2D eigenvalue weighted by molar-refractivity contribution is 5.85. The zero-order valence-corrected chi connectivity index (χ0v) is 7.26. The van der Waals surface area contributed by atoms with Crippen molar-refractivity contribution in [2.75, 3.05) is 12.5 Å². The van der Waals surface area contributed by atoms with E-state index in [1.54, 1.807) is 0 Å². The number of rotatable bonds is 0. The Labute approximate surface area is 76.9 Å². The summed E-state index contributed by atoms with van der Waals surface area (Å²) in [5.41, 5.74) is 7.34. The Morgan fingerprint density at radius 1 is 1.33 bits per heavy atom. The second-order valence-electron chi connectivity index (χ2n) is 2.48. The molecular formula is C8H10ClNO2. The Morgan fingerprint density at radius 2 is 2.17 bits per heavy atom. The van der Waals surface area contributed by atoms with Gasteiger partial charge in [-0.15, -0.1) is 12.4 Å². The number of nitrogen functional groups attached to an aromatic ring is 1. The van der Waals surface area contributed by atoms with E-state index in [2.05, 4.69) is 0 Å². The van der Waals surface area contributed by atoms with E-state index in [1.807, 2.05) is 18.2 Å². The van der Waals surface area contributed by atoms with E-state index in [0.29, 0.717) is 13.4 Å². The van der Waals surface area contributed by atoms with Crippen molar-refractivity contribution in [2.45, 2.75) is 6.61 Å². The van der Waals surface area contributed by atoms with Crippen LogP contribution in [0.25, 0.3) is 0 Å². The van der Waals surface area contributed by atoms with E-state index in [-0.39, 0.29) is 12.4 Å². The van der Waals surface area contributed by atoms with Crippen LogP contribution in [0.4, 0.5) is 5.69 Å². The Kier molecular flexibility index (Phi) is 2.78. The van der Waals surface area contributed by atoms with Gasteiger partial charge < -0.3 is 15.2 Å². The van der Waals surface area contributed by atoms with Gasteiger partial charge in [-0.3, -0.25) is 0 Å². The smallest absolute Gasteiger partial charge is 0.189 e. The van der Waals surface area contributed by atoms with E-state index in [9.17, 15) is 0 Å². The molecular weight excluding hydrogens is 178 g/mol. The topological polar surface area (TPSA) is 44.5 Å². The van der Waals surface area contributed by atoms with Crippen LogP contribution in [-0.4, -0.2) is 6.79 Å². The minimum absolute atomic E-state index is 0. The van der Waals surface area contributed by atoms with Crippen molar-refractivity contribution in [1.82, 2.24) is 0 Å². The van der Waals surface area contributed by atoms with Crippen LogP contribution in [0.5, 0.6) is 5.75 Å². The molecule has 1 heterocycles. The van der Waals surface area contributed by atoms with Gasteiger partial charge in [0.05, 0.1) is 6.61 Å². The second kappa shape index (κ2) is 3.65. The molecule has 0 fully saturated rings. The number of hydrogen-bond acceptors (Lipinski definition) is 3. The molecule has 1 aliphatic rings. The number of halogens is 1. The van der Waals surface area contributed by atoms with Gasteiger partial charge in [-0.2, -0.15) is 0 Å². The molecule has 0 bridgehead atoms. The van der Waals surface area contributed by atoms with Crippen LogP contribution < -0.4 is 10.5 Å². The summed E-state index contributed by atoms with van der Waals surface area (Å²) in [4.78, 5) is 0.